The van der Waals surface area contributed by atoms with Crippen molar-refractivity contribution in [3.8, 4) is 5.75 Å². The SMILES string of the molecule is COc1ccc(NS(=O)(=O)c2cccnc2Cl)cc1Br. The molecule has 1 aromatic carbocycles. The van der Waals surface area contributed by atoms with Crippen molar-refractivity contribution in [2.75, 3.05) is 11.8 Å². The van der Waals surface area contributed by atoms with Gasteiger partial charge in [-0.1, -0.05) is 11.6 Å². The molecule has 0 aliphatic heterocycles. The predicted molar refractivity (Wildman–Crippen MR) is 80.7 cm³/mol. The quantitative estimate of drug-likeness (QED) is 0.830. The van der Waals surface area contributed by atoms with Gasteiger partial charge >= 0.3 is 0 Å². The van der Waals surface area contributed by atoms with Crippen molar-refractivity contribution in [1.82, 2.24) is 4.98 Å². The molecule has 0 aliphatic rings. The number of nitrogens with zero attached hydrogens (tertiary/aromatic N) is 1. The van der Waals surface area contributed by atoms with Gasteiger partial charge in [0.15, 0.2) is 0 Å². The fraction of sp³-hybridized carbons (Fsp3) is 0.0833. The molecule has 0 aliphatic carbocycles. The molecule has 0 radical (unpaired) electrons. The zero-order valence-corrected chi connectivity index (χ0v) is 13.5. The number of halogens is 2. The summed E-state index contributed by atoms with van der Waals surface area (Å²) in [4.78, 5) is 3.67. The van der Waals surface area contributed by atoms with E-state index in [2.05, 4.69) is 25.6 Å². The summed E-state index contributed by atoms with van der Waals surface area (Å²) in [6.07, 6.45) is 1.42. The predicted octanol–water partition coefficient (Wildman–Crippen LogP) is 3.31. The Hall–Kier alpha value is -1.31. The molecule has 0 saturated heterocycles. The third-order valence-electron chi connectivity index (χ3n) is 2.42. The summed E-state index contributed by atoms with van der Waals surface area (Å²) in [5.74, 6) is 0.604. The van der Waals surface area contributed by atoms with Crippen molar-refractivity contribution in [3.05, 3.63) is 46.2 Å². The van der Waals surface area contributed by atoms with Gasteiger partial charge in [0.2, 0.25) is 0 Å². The number of nitrogens with one attached hydrogen (secondary N) is 1. The smallest absolute Gasteiger partial charge is 0.264 e. The number of hydrogen-bond donors (Lipinski definition) is 1. The lowest BCUT2D eigenvalue weighted by Crippen LogP contribution is -2.13. The summed E-state index contributed by atoms with van der Waals surface area (Å²) in [5.41, 5.74) is 0.387. The third-order valence-corrected chi connectivity index (χ3v) is 4.86. The summed E-state index contributed by atoms with van der Waals surface area (Å²) in [5, 5.41) is -0.0763. The first kappa shape index (κ1) is 15.1. The number of sulfonamides is 1. The second kappa shape index (κ2) is 5.99. The molecule has 0 amide bonds. The molecule has 8 heteroatoms. The van der Waals surface area contributed by atoms with Gasteiger partial charge in [0, 0.05) is 6.20 Å². The Balaban J connectivity index is 2.34. The molecule has 1 heterocycles. The van der Waals surface area contributed by atoms with Crippen LogP contribution in [-0.2, 0) is 10.0 Å². The minimum Gasteiger partial charge on any atom is -0.496 e. The first-order valence-electron chi connectivity index (χ1n) is 5.41. The van der Waals surface area contributed by atoms with Crippen LogP contribution in [0.2, 0.25) is 5.15 Å². The number of methoxy groups -OCH3 is 1. The van der Waals surface area contributed by atoms with Crippen LogP contribution < -0.4 is 9.46 Å². The van der Waals surface area contributed by atoms with Gasteiger partial charge in [-0.05, 0) is 46.3 Å². The Kier molecular flexibility index (Phi) is 4.52. The van der Waals surface area contributed by atoms with Gasteiger partial charge in [0.1, 0.15) is 15.8 Å². The Bertz CT molecular complexity index is 737. The molecule has 0 unspecified atom stereocenters. The lowest BCUT2D eigenvalue weighted by molar-refractivity contribution is 0.412. The van der Waals surface area contributed by atoms with Crippen LogP contribution in [0, 0.1) is 0 Å². The summed E-state index contributed by atoms with van der Waals surface area (Å²) in [6, 6.07) is 7.72. The average molecular weight is 378 g/mol. The molecule has 0 fully saturated rings. The topological polar surface area (TPSA) is 68.3 Å². The standard InChI is InChI=1S/C12H10BrClN2O3S/c1-19-10-5-4-8(7-9(10)13)16-20(17,18)11-3-2-6-15-12(11)14/h2-7,16H,1H3. The minimum atomic E-state index is -3.79. The van der Waals surface area contributed by atoms with E-state index in [1.807, 2.05) is 0 Å². The van der Waals surface area contributed by atoms with Gasteiger partial charge in [-0.2, -0.15) is 0 Å². The zero-order valence-electron chi connectivity index (χ0n) is 10.3. The van der Waals surface area contributed by atoms with Crippen LogP contribution in [0.25, 0.3) is 0 Å². The van der Waals surface area contributed by atoms with Crippen LogP contribution in [0.5, 0.6) is 5.75 Å². The third kappa shape index (κ3) is 3.23. The lowest BCUT2D eigenvalue weighted by Gasteiger charge is -2.10. The molecular weight excluding hydrogens is 368 g/mol. The second-order valence-electron chi connectivity index (χ2n) is 3.75. The fourth-order valence-corrected chi connectivity index (χ4v) is 3.56. The lowest BCUT2D eigenvalue weighted by atomic mass is 10.3. The summed E-state index contributed by atoms with van der Waals surface area (Å²) in [7, 11) is -2.26. The Morgan fingerprint density at radius 2 is 2.10 bits per heavy atom. The van der Waals surface area contributed by atoms with Crippen molar-refractivity contribution >= 4 is 43.2 Å². The van der Waals surface area contributed by atoms with Gasteiger partial charge < -0.3 is 4.74 Å². The van der Waals surface area contributed by atoms with Gasteiger partial charge in [-0.25, -0.2) is 13.4 Å². The molecule has 0 spiro atoms. The van der Waals surface area contributed by atoms with E-state index in [-0.39, 0.29) is 10.0 Å². The molecule has 0 bridgehead atoms. The average Bonchev–Trinajstić information content (AvgIpc) is 2.38. The van der Waals surface area contributed by atoms with Crippen LogP contribution >= 0.6 is 27.5 Å². The molecule has 5 nitrogen and oxygen atoms in total. The fourth-order valence-electron chi connectivity index (χ4n) is 1.51. The summed E-state index contributed by atoms with van der Waals surface area (Å²) < 4.78 is 32.6. The highest BCUT2D eigenvalue weighted by atomic mass is 79.9. The van der Waals surface area contributed by atoms with E-state index in [9.17, 15) is 8.42 Å². The zero-order chi connectivity index (χ0) is 14.8. The normalized spacial score (nSPS) is 11.2. The number of pyridine rings is 1. The molecule has 106 valence electrons. The van der Waals surface area contributed by atoms with E-state index >= 15 is 0 Å². The highest BCUT2D eigenvalue weighted by Gasteiger charge is 2.18. The molecule has 0 atom stereocenters. The van der Waals surface area contributed by atoms with E-state index in [1.54, 1.807) is 18.2 Å². The van der Waals surface area contributed by atoms with Crippen molar-refractivity contribution in [2.24, 2.45) is 0 Å². The van der Waals surface area contributed by atoms with Crippen LogP contribution in [-0.4, -0.2) is 20.5 Å². The van der Waals surface area contributed by atoms with E-state index in [0.29, 0.717) is 15.9 Å². The summed E-state index contributed by atoms with van der Waals surface area (Å²) in [6.45, 7) is 0. The van der Waals surface area contributed by atoms with Gasteiger partial charge in [-0.15, -0.1) is 0 Å². The van der Waals surface area contributed by atoms with E-state index in [4.69, 9.17) is 16.3 Å². The largest absolute Gasteiger partial charge is 0.496 e. The maximum Gasteiger partial charge on any atom is 0.264 e. The van der Waals surface area contributed by atoms with Crippen molar-refractivity contribution < 1.29 is 13.2 Å². The monoisotopic (exact) mass is 376 g/mol. The Morgan fingerprint density at radius 1 is 1.35 bits per heavy atom. The highest BCUT2D eigenvalue weighted by Crippen LogP contribution is 2.29. The second-order valence-corrected chi connectivity index (χ2v) is 6.61. The van der Waals surface area contributed by atoms with Crippen LogP contribution in [0.15, 0.2) is 45.9 Å². The number of anilines is 1. The molecule has 2 aromatic rings. The minimum absolute atomic E-state index is 0.0754. The van der Waals surface area contributed by atoms with Gasteiger partial charge in [0.25, 0.3) is 10.0 Å². The molecular formula is C12H10BrClN2O3S. The van der Waals surface area contributed by atoms with E-state index in [1.165, 1.54) is 25.4 Å². The summed E-state index contributed by atoms with van der Waals surface area (Å²) >= 11 is 9.08. The molecule has 1 aromatic heterocycles. The van der Waals surface area contributed by atoms with Crippen molar-refractivity contribution in [1.29, 1.82) is 0 Å². The van der Waals surface area contributed by atoms with Crippen LogP contribution in [0.4, 0.5) is 5.69 Å². The van der Waals surface area contributed by atoms with Gasteiger partial charge in [0.05, 0.1) is 17.3 Å². The Labute approximate surface area is 130 Å². The van der Waals surface area contributed by atoms with Gasteiger partial charge in [-0.3, -0.25) is 4.72 Å². The first-order chi connectivity index (χ1) is 9.44. The molecule has 2 rings (SSSR count). The highest BCUT2D eigenvalue weighted by molar-refractivity contribution is 9.10. The van der Waals surface area contributed by atoms with Crippen molar-refractivity contribution in [2.45, 2.75) is 4.90 Å². The van der Waals surface area contributed by atoms with Crippen LogP contribution in [0.1, 0.15) is 0 Å². The maximum atomic E-state index is 12.2. The first-order valence-corrected chi connectivity index (χ1v) is 8.06. The number of aromatic nitrogens is 1. The molecule has 1 N–H and O–H groups in total. The van der Waals surface area contributed by atoms with E-state index in [0.717, 1.165) is 0 Å². The van der Waals surface area contributed by atoms with Crippen LogP contribution in [0.3, 0.4) is 0 Å². The maximum absolute atomic E-state index is 12.2. The van der Waals surface area contributed by atoms with E-state index < -0.39 is 10.0 Å². The number of rotatable bonds is 4. The number of benzene rings is 1. The Morgan fingerprint density at radius 3 is 2.70 bits per heavy atom. The molecule has 20 heavy (non-hydrogen) atoms. The van der Waals surface area contributed by atoms with Crippen molar-refractivity contribution in [3.63, 3.8) is 0 Å². The number of hydrogen-bond acceptors (Lipinski definition) is 4. The molecule has 0 saturated carbocycles. The number of ether oxygens (including phenoxy) is 1.